The molecule has 0 aromatic carbocycles. The first-order valence-electron chi connectivity index (χ1n) is 13.3. The maximum Gasteiger partial charge on any atom is 0.0664 e. The molecular formula is C28H48O3. The average molecular weight is 433 g/mol. The summed E-state index contributed by atoms with van der Waals surface area (Å²) >= 11 is 0. The Balaban J connectivity index is 1.65. The van der Waals surface area contributed by atoms with Gasteiger partial charge in [0.1, 0.15) is 0 Å². The van der Waals surface area contributed by atoms with Gasteiger partial charge in [-0.15, -0.1) is 0 Å². The molecule has 3 N–H and O–H groups in total. The van der Waals surface area contributed by atoms with Crippen LogP contribution in [0.1, 0.15) is 98.8 Å². The second kappa shape index (κ2) is 8.44. The van der Waals surface area contributed by atoms with Crippen LogP contribution in [0.3, 0.4) is 0 Å². The van der Waals surface area contributed by atoms with Gasteiger partial charge >= 0.3 is 0 Å². The summed E-state index contributed by atoms with van der Waals surface area (Å²) in [4.78, 5) is 0. The maximum absolute atomic E-state index is 11.6. The van der Waals surface area contributed by atoms with Gasteiger partial charge in [-0.05, 0) is 85.4 Å². The molecule has 3 heteroatoms. The van der Waals surface area contributed by atoms with Gasteiger partial charge in [-0.3, -0.25) is 0 Å². The second-order valence-corrected chi connectivity index (χ2v) is 12.8. The zero-order chi connectivity index (χ0) is 22.6. The third-order valence-electron chi connectivity index (χ3n) is 11.0. The topological polar surface area (TPSA) is 60.7 Å². The highest BCUT2D eigenvalue weighted by Gasteiger charge is 2.68. The van der Waals surface area contributed by atoms with Gasteiger partial charge in [0.25, 0.3) is 0 Å². The lowest BCUT2D eigenvalue weighted by atomic mass is 9.43. The first-order chi connectivity index (χ1) is 14.6. The van der Waals surface area contributed by atoms with Crippen molar-refractivity contribution in [1.29, 1.82) is 0 Å². The van der Waals surface area contributed by atoms with E-state index < -0.39 is 11.5 Å². The van der Waals surface area contributed by atoms with E-state index in [4.69, 9.17) is 0 Å². The van der Waals surface area contributed by atoms with Gasteiger partial charge in [0.05, 0.1) is 18.8 Å². The zero-order valence-electron chi connectivity index (χ0n) is 20.7. The Morgan fingerprint density at radius 3 is 2.45 bits per heavy atom. The van der Waals surface area contributed by atoms with Gasteiger partial charge in [0.15, 0.2) is 0 Å². The van der Waals surface area contributed by atoms with Crippen LogP contribution < -0.4 is 0 Å². The summed E-state index contributed by atoms with van der Waals surface area (Å²) in [6, 6.07) is 0. The van der Waals surface area contributed by atoms with Gasteiger partial charge in [0, 0.05) is 5.41 Å². The van der Waals surface area contributed by atoms with Crippen molar-refractivity contribution in [3.05, 3.63) is 11.6 Å². The molecule has 31 heavy (non-hydrogen) atoms. The summed E-state index contributed by atoms with van der Waals surface area (Å²) in [6.07, 6.45) is 12.6. The molecule has 0 spiro atoms. The highest BCUT2D eigenvalue weighted by Crippen LogP contribution is 2.72. The quantitative estimate of drug-likeness (QED) is 0.470. The smallest absolute Gasteiger partial charge is 0.0664 e. The standard InChI is InChI=1S/C28H48O3/c1-18(2)7-6-8-19(3)24-16-25(31)28(17-29)23-10-9-20-15-21(30)11-13-26(20,4)22(23)12-14-27(24,28)5/h10,18-22,24-25,29-31H,6-9,11-17H2,1-5H3/t19-,20?,21?,22+,24-,25?,26+,27-,28-/m1/s1. The number of allylic oxidation sites excluding steroid dienone is 1. The summed E-state index contributed by atoms with van der Waals surface area (Å²) in [5, 5.41) is 32.8. The van der Waals surface area contributed by atoms with E-state index in [1.165, 1.54) is 31.3 Å². The second-order valence-electron chi connectivity index (χ2n) is 12.8. The highest BCUT2D eigenvalue weighted by atomic mass is 16.3. The fourth-order valence-electron chi connectivity index (χ4n) is 9.04. The van der Waals surface area contributed by atoms with Crippen molar-refractivity contribution in [2.24, 2.45) is 45.8 Å². The van der Waals surface area contributed by atoms with Gasteiger partial charge < -0.3 is 15.3 Å². The molecule has 9 atom stereocenters. The molecule has 4 rings (SSSR count). The van der Waals surface area contributed by atoms with Crippen LogP contribution in [-0.2, 0) is 0 Å². The number of hydrogen-bond donors (Lipinski definition) is 3. The minimum atomic E-state index is -0.475. The van der Waals surface area contributed by atoms with Crippen molar-refractivity contribution in [2.45, 2.75) is 111 Å². The third-order valence-corrected chi connectivity index (χ3v) is 11.0. The maximum atomic E-state index is 11.6. The first kappa shape index (κ1) is 23.8. The van der Waals surface area contributed by atoms with Crippen LogP contribution in [0, 0.1) is 45.8 Å². The lowest BCUT2D eigenvalue weighted by Gasteiger charge is -2.62. The van der Waals surface area contributed by atoms with Crippen LogP contribution >= 0.6 is 0 Å². The number of aliphatic hydroxyl groups excluding tert-OH is 3. The number of hydrogen-bond acceptors (Lipinski definition) is 3. The van der Waals surface area contributed by atoms with E-state index in [-0.39, 0.29) is 23.5 Å². The number of rotatable bonds is 6. The molecular weight excluding hydrogens is 384 g/mol. The zero-order valence-corrected chi connectivity index (χ0v) is 20.7. The highest BCUT2D eigenvalue weighted by molar-refractivity contribution is 5.35. The van der Waals surface area contributed by atoms with Crippen LogP contribution in [-0.4, -0.2) is 34.1 Å². The number of aliphatic hydroxyl groups is 3. The van der Waals surface area contributed by atoms with E-state index >= 15 is 0 Å². The molecule has 3 unspecified atom stereocenters. The number of fused-ring (bicyclic) bond motifs is 5. The molecule has 0 aromatic heterocycles. The van der Waals surface area contributed by atoms with E-state index in [1.54, 1.807) is 0 Å². The molecule has 0 aromatic rings. The van der Waals surface area contributed by atoms with Crippen molar-refractivity contribution in [3.63, 3.8) is 0 Å². The Hall–Kier alpha value is -0.380. The van der Waals surface area contributed by atoms with E-state index in [0.717, 1.165) is 44.4 Å². The minimum Gasteiger partial charge on any atom is -0.395 e. The van der Waals surface area contributed by atoms with Crippen LogP contribution in [0.5, 0.6) is 0 Å². The molecule has 0 saturated heterocycles. The Labute approximate surface area is 190 Å². The SMILES string of the molecule is CC(C)CCC[C@@H](C)[C@H]1CC(O)[C@@]2(CO)C3=CCC4CC(O)CC[C@]4(C)[C@H]3CC[C@]12C. The summed E-state index contributed by atoms with van der Waals surface area (Å²) in [5.41, 5.74) is 1.09. The van der Waals surface area contributed by atoms with Crippen molar-refractivity contribution < 1.29 is 15.3 Å². The molecule has 0 amide bonds. The van der Waals surface area contributed by atoms with Gasteiger partial charge in [-0.25, -0.2) is 0 Å². The Morgan fingerprint density at radius 1 is 1.03 bits per heavy atom. The van der Waals surface area contributed by atoms with Crippen molar-refractivity contribution in [1.82, 2.24) is 0 Å². The fourth-order valence-corrected chi connectivity index (χ4v) is 9.04. The fraction of sp³-hybridized carbons (Fsp3) is 0.929. The van der Waals surface area contributed by atoms with E-state index in [2.05, 4.69) is 40.7 Å². The van der Waals surface area contributed by atoms with Crippen LogP contribution in [0.2, 0.25) is 0 Å². The van der Waals surface area contributed by atoms with Gasteiger partial charge in [-0.1, -0.05) is 65.5 Å². The normalized spacial score (nSPS) is 48.0. The van der Waals surface area contributed by atoms with Crippen molar-refractivity contribution in [2.75, 3.05) is 6.61 Å². The Bertz CT molecular complexity index is 686. The lowest BCUT2D eigenvalue weighted by Crippen LogP contribution is -2.58. The monoisotopic (exact) mass is 432 g/mol. The molecule has 0 bridgehead atoms. The van der Waals surface area contributed by atoms with E-state index in [9.17, 15) is 15.3 Å². The molecule has 3 saturated carbocycles. The largest absolute Gasteiger partial charge is 0.395 e. The first-order valence-corrected chi connectivity index (χ1v) is 13.3. The Kier molecular flexibility index (Phi) is 6.47. The molecule has 4 aliphatic carbocycles. The third kappa shape index (κ3) is 3.48. The van der Waals surface area contributed by atoms with Crippen molar-refractivity contribution in [3.8, 4) is 0 Å². The van der Waals surface area contributed by atoms with Crippen LogP contribution in [0.25, 0.3) is 0 Å². The molecule has 178 valence electrons. The Morgan fingerprint density at radius 2 is 1.77 bits per heavy atom. The summed E-state index contributed by atoms with van der Waals surface area (Å²) in [6.45, 7) is 11.9. The van der Waals surface area contributed by atoms with Crippen LogP contribution in [0.15, 0.2) is 11.6 Å². The molecule has 3 nitrogen and oxygen atoms in total. The van der Waals surface area contributed by atoms with Gasteiger partial charge in [0.2, 0.25) is 0 Å². The minimum absolute atomic E-state index is 0.0296. The molecule has 0 radical (unpaired) electrons. The lowest BCUT2D eigenvalue weighted by molar-refractivity contribution is -0.108. The summed E-state index contributed by atoms with van der Waals surface area (Å²) in [5.74, 6) is 2.79. The van der Waals surface area contributed by atoms with Gasteiger partial charge in [-0.2, -0.15) is 0 Å². The molecule has 4 aliphatic rings. The predicted molar refractivity (Wildman–Crippen MR) is 126 cm³/mol. The molecule has 0 heterocycles. The predicted octanol–water partition coefficient (Wildman–Crippen LogP) is 5.72. The van der Waals surface area contributed by atoms with E-state index in [1.807, 2.05) is 0 Å². The van der Waals surface area contributed by atoms with Crippen molar-refractivity contribution >= 4 is 0 Å². The van der Waals surface area contributed by atoms with Crippen LogP contribution in [0.4, 0.5) is 0 Å². The summed E-state index contributed by atoms with van der Waals surface area (Å²) < 4.78 is 0. The van der Waals surface area contributed by atoms with E-state index in [0.29, 0.717) is 23.7 Å². The molecule has 0 aliphatic heterocycles. The molecule has 3 fully saturated rings. The summed E-state index contributed by atoms with van der Waals surface area (Å²) in [7, 11) is 0. The average Bonchev–Trinajstić information content (AvgIpc) is 2.95.